The van der Waals surface area contributed by atoms with Crippen molar-refractivity contribution in [2.45, 2.75) is 10.1 Å². The Kier molecular flexibility index (Phi) is 4.91. The van der Waals surface area contributed by atoms with Gasteiger partial charge in [-0.1, -0.05) is 48.5 Å². The van der Waals surface area contributed by atoms with E-state index in [1.807, 2.05) is 72.3 Å². The van der Waals surface area contributed by atoms with Gasteiger partial charge in [-0.2, -0.15) is 9.78 Å². The van der Waals surface area contributed by atoms with E-state index in [1.54, 1.807) is 6.20 Å². The third kappa shape index (κ3) is 3.45. The van der Waals surface area contributed by atoms with E-state index in [-0.39, 0.29) is 5.56 Å². The van der Waals surface area contributed by atoms with E-state index < -0.39 is 0 Å². The molecule has 4 aromatic rings. The molecule has 0 bridgehead atoms. The summed E-state index contributed by atoms with van der Waals surface area (Å²) in [5, 5.41) is 13.5. The number of rotatable bonds is 4. The molecule has 2 aromatic heterocycles. The number of nitrogens with zero attached hydrogens (tertiary/aromatic N) is 5. The zero-order valence-corrected chi connectivity index (χ0v) is 16.7. The lowest BCUT2D eigenvalue weighted by molar-refractivity contribution is 0.774. The summed E-state index contributed by atoms with van der Waals surface area (Å²) in [5.74, 6) is 0.764. The summed E-state index contributed by atoms with van der Waals surface area (Å²) in [5.41, 5.74) is 1.47. The summed E-state index contributed by atoms with van der Waals surface area (Å²) in [6.07, 6.45) is 1.65. The SMILES string of the molecule is Cn1c(Sc2cnn(-c3ccccc3)c(=O)c2Br)nnc1-c1ccccc1. The van der Waals surface area contributed by atoms with E-state index >= 15 is 0 Å². The van der Waals surface area contributed by atoms with Crippen LogP contribution in [-0.2, 0) is 7.05 Å². The smallest absolute Gasteiger partial charge is 0.286 e. The van der Waals surface area contributed by atoms with Crippen LogP contribution in [0.25, 0.3) is 17.1 Å². The van der Waals surface area contributed by atoms with Crippen LogP contribution in [0.1, 0.15) is 0 Å². The fourth-order valence-electron chi connectivity index (χ4n) is 2.58. The third-order valence-corrected chi connectivity index (χ3v) is 6.05. The van der Waals surface area contributed by atoms with Crippen LogP contribution in [0.4, 0.5) is 0 Å². The van der Waals surface area contributed by atoms with Crippen molar-refractivity contribution in [2.24, 2.45) is 7.05 Å². The molecule has 0 spiro atoms. The Morgan fingerprint density at radius 1 is 0.963 bits per heavy atom. The first-order valence-corrected chi connectivity index (χ1v) is 9.72. The maximum absolute atomic E-state index is 12.7. The molecule has 0 amide bonds. The monoisotopic (exact) mass is 439 g/mol. The average molecular weight is 440 g/mol. The molecule has 4 rings (SSSR count). The van der Waals surface area contributed by atoms with Crippen LogP contribution in [0.2, 0.25) is 0 Å². The van der Waals surface area contributed by atoms with Gasteiger partial charge in [0.15, 0.2) is 11.0 Å². The lowest BCUT2D eigenvalue weighted by Crippen LogP contribution is -2.22. The second-order valence-electron chi connectivity index (χ2n) is 5.71. The first-order chi connectivity index (χ1) is 13.1. The van der Waals surface area contributed by atoms with Gasteiger partial charge < -0.3 is 4.57 Å². The van der Waals surface area contributed by atoms with Gasteiger partial charge in [0.05, 0.1) is 16.8 Å². The molecule has 6 nitrogen and oxygen atoms in total. The molecule has 0 aliphatic rings. The molecule has 8 heteroatoms. The van der Waals surface area contributed by atoms with E-state index in [2.05, 4.69) is 31.2 Å². The van der Waals surface area contributed by atoms with E-state index in [4.69, 9.17) is 0 Å². The summed E-state index contributed by atoms with van der Waals surface area (Å²) in [4.78, 5) is 13.4. The molecule has 0 aliphatic heterocycles. The predicted molar refractivity (Wildman–Crippen MR) is 108 cm³/mol. The molecule has 0 atom stereocenters. The normalized spacial score (nSPS) is 10.9. The lowest BCUT2D eigenvalue weighted by Gasteiger charge is -2.08. The minimum Gasteiger partial charge on any atom is -0.305 e. The van der Waals surface area contributed by atoms with E-state index in [1.165, 1.54) is 16.4 Å². The third-order valence-electron chi connectivity index (χ3n) is 3.96. The highest BCUT2D eigenvalue weighted by molar-refractivity contribution is 9.10. The number of benzene rings is 2. The van der Waals surface area contributed by atoms with Crippen molar-refractivity contribution in [3.05, 3.63) is 81.7 Å². The van der Waals surface area contributed by atoms with Gasteiger partial charge in [0.2, 0.25) is 0 Å². The highest BCUT2D eigenvalue weighted by Gasteiger charge is 2.16. The Morgan fingerprint density at radius 2 is 1.63 bits per heavy atom. The van der Waals surface area contributed by atoms with Crippen LogP contribution in [0, 0.1) is 0 Å². The van der Waals surface area contributed by atoms with Crippen molar-refractivity contribution < 1.29 is 0 Å². The number of para-hydroxylation sites is 1. The van der Waals surface area contributed by atoms with Gasteiger partial charge in [-0.3, -0.25) is 4.79 Å². The molecule has 0 radical (unpaired) electrons. The fraction of sp³-hybridized carbons (Fsp3) is 0.0526. The van der Waals surface area contributed by atoms with Crippen molar-refractivity contribution in [2.75, 3.05) is 0 Å². The molecular formula is C19H14BrN5OS. The van der Waals surface area contributed by atoms with Crippen LogP contribution in [0.3, 0.4) is 0 Å². The highest BCUT2D eigenvalue weighted by atomic mass is 79.9. The van der Waals surface area contributed by atoms with Gasteiger partial charge in [0, 0.05) is 12.6 Å². The Labute approximate surface area is 168 Å². The standard InChI is InChI=1S/C19H14BrN5OS/c1-24-17(13-8-4-2-5-9-13)22-23-19(24)27-15-12-21-25(18(26)16(15)20)14-10-6-3-7-11-14/h2-12H,1H3. The van der Waals surface area contributed by atoms with Crippen molar-refractivity contribution in [3.63, 3.8) is 0 Å². The lowest BCUT2D eigenvalue weighted by atomic mass is 10.2. The van der Waals surface area contributed by atoms with E-state index in [0.717, 1.165) is 11.4 Å². The Hall–Kier alpha value is -2.71. The molecule has 134 valence electrons. The minimum atomic E-state index is -0.225. The van der Waals surface area contributed by atoms with Crippen molar-refractivity contribution in [1.29, 1.82) is 0 Å². The molecule has 27 heavy (non-hydrogen) atoms. The summed E-state index contributed by atoms with van der Waals surface area (Å²) in [6.45, 7) is 0. The average Bonchev–Trinajstić information content (AvgIpc) is 3.07. The van der Waals surface area contributed by atoms with Gasteiger partial charge in [-0.15, -0.1) is 10.2 Å². The van der Waals surface area contributed by atoms with Crippen LogP contribution < -0.4 is 5.56 Å². The van der Waals surface area contributed by atoms with Crippen molar-refractivity contribution in [3.8, 4) is 17.1 Å². The number of hydrogen-bond donors (Lipinski definition) is 0. The molecule has 0 N–H and O–H groups in total. The Balaban J connectivity index is 1.67. The first-order valence-electron chi connectivity index (χ1n) is 8.11. The fourth-order valence-corrected chi connectivity index (χ4v) is 3.87. The topological polar surface area (TPSA) is 65.6 Å². The first kappa shape index (κ1) is 17.7. The van der Waals surface area contributed by atoms with Gasteiger partial charge in [0.25, 0.3) is 5.56 Å². The van der Waals surface area contributed by atoms with Gasteiger partial charge >= 0.3 is 0 Å². The molecular weight excluding hydrogens is 426 g/mol. The van der Waals surface area contributed by atoms with Crippen molar-refractivity contribution >= 4 is 27.7 Å². The zero-order chi connectivity index (χ0) is 18.8. The Bertz CT molecular complexity index is 1140. The summed E-state index contributed by atoms with van der Waals surface area (Å²) < 4.78 is 3.70. The molecule has 0 unspecified atom stereocenters. The highest BCUT2D eigenvalue weighted by Crippen LogP contribution is 2.31. The number of halogens is 1. The van der Waals surface area contributed by atoms with Crippen LogP contribution in [-0.4, -0.2) is 24.5 Å². The molecule has 0 aliphatic carbocycles. The van der Waals surface area contributed by atoms with Crippen LogP contribution in [0.5, 0.6) is 0 Å². The number of hydrogen-bond acceptors (Lipinski definition) is 5. The van der Waals surface area contributed by atoms with Gasteiger partial charge in [-0.05, 0) is 39.8 Å². The van der Waals surface area contributed by atoms with Crippen molar-refractivity contribution in [1.82, 2.24) is 24.5 Å². The molecule has 2 aromatic carbocycles. The molecule has 2 heterocycles. The van der Waals surface area contributed by atoms with E-state index in [9.17, 15) is 4.79 Å². The van der Waals surface area contributed by atoms with Gasteiger partial charge in [0.1, 0.15) is 4.47 Å². The largest absolute Gasteiger partial charge is 0.305 e. The van der Waals surface area contributed by atoms with Crippen LogP contribution in [0.15, 0.2) is 86.2 Å². The number of aromatic nitrogens is 5. The van der Waals surface area contributed by atoms with E-state index in [0.29, 0.717) is 20.2 Å². The quantitative estimate of drug-likeness (QED) is 0.481. The van der Waals surface area contributed by atoms with Gasteiger partial charge in [-0.25, -0.2) is 0 Å². The maximum Gasteiger partial charge on any atom is 0.286 e. The molecule has 0 fully saturated rings. The molecule has 0 saturated carbocycles. The summed E-state index contributed by atoms with van der Waals surface area (Å²) in [6, 6.07) is 19.1. The summed E-state index contributed by atoms with van der Waals surface area (Å²) in [7, 11) is 1.90. The Morgan fingerprint density at radius 3 is 2.33 bits per heavy atom. The second kappa shape index (κ2) is 7.50. The predicted octanol–water partition coefficient (Wildman–Crippen LogP) is 3.94. The summed E-state index contributed by atoms with van der Waals surface area (Å²) >= 11 is 4.75. The molecule has 0 saturated heterocycles. The minimum absolute atomic E-state index is 0.225. The second-order valence-corrected chi connectivity index (χ2v) is 7.51. The van der Waals surface area contributed by atoms with Crippen LogP contribution >= 0.6 is 27.7 Å². The maximum atomic E-state index is 12.7. The zero-order valence-electron chi connectivity index (χ0n) is 14.3.